The summed E-state index contributed by atoms with van der Waals surface area (Å²) in [7, 11) is 0. The van der Waals surface area contributed by atoms with E-state index in [0.717, 1.165) is 47.5 Å². The zero-order chi connectivity index (χ0) is 20.5. The number of ether oxygens (including phenoxy) is 1. The van der Waals surface area contributed by atoms with Crippen molar-refractivity contribution in [1.82, 2.24) is 25.1 Å². The molecule has 0 saturated carbocycles. The summed E-state index contributed by atoms with van der Waals surface area (Å²) in [6, 6.07) is 17.5. The average molecular weight is 387 g/mol. The highest BCUT2D eigenvalue weighted by Crippen LogP contribution is 2.34. The van der Waals surface area contributed by atoms with Gasteiger partial charge in [0.05, 0.1) is 11.4 Å². The Morgan fingerprint density at radius 1 is 1.07 bits per heavy atom. The highest BCUT2D eigenvalue weighted by molar-refractivity contribution is 5.98. The first-order valence-electron chi connectivity index (χ1n) is 10.2. The fourth-order valence-corrected chi connectivity index (χ4v) is 3.73. The Balaban J connectivity index is 1.52. The number of aromatic nitrogens is 4. The molecule has 7 nitrogen and oxygen atoms in total. The lowest BCUT2D eigenvalue weighted by molar-refractivity contribution is 0.354. The second-order valence-corrected chi connectivity index (χ2v) is 7.12. The number of hydrogen-bond acceptors (Lipinski definition) is 6. The summed E-state index contributed by atoms with van der Waals surface area (Å²) in [5.74, 6) is 1.94. The standard InChI is InChI=1S/C22H22N6O/c23-21-19-20(15-8-10-18(11-9-15)29-17-6-2-1-3-7-17)27-28(22(19)26-14-25-21)16-5-4-12-24-13-16/h1-3,6-11,14,16,24H,4-5,12-13H2,(H2,23,25,26)/i/hD. The summed E-state index contributed by atoms with van der Waals surface area (Å²) in [6.07, 6.45) is 3.38. The van der Waals surface area contributed by atoms with Gasteiger partial charge in [-0.1, -0.05) is 18.2 Å². The van der Waals surface area contributed by atoms with Crippen molar-refractivity contribution in [2.75, 3.05) is 18.8 Å². The van der Waals surface area contributed by atoms with Crippen LogP contribution in [0.5, 0.6) is 11.5 Å². The van der Waals surface area contributed by atoms with E-state index in [1.54, 1.807) is 5.31 Å². The van der Waals surface area contributed by atoms with E-state index in [-0.39, 0.29) is 6.04 Å². The number of benzene rings is 2. The van der Waals surface area contributed by atoms with Crippen molar-refractivity contribution in [3.05, 3.63) is 60.9 Å². The molecule has 2 aromatic heterocycles. The van der Waals surface area contributed by atoms with E-state index in [0.29, 0.717) is 18.0 Å². The van der Waals surface area contributed by atoms with Crippen molar-refractivity contribution in [3.8, 4) is 22.8 Å². The molecule has 4 aromatic rings. The van der Waals surface area contributed by atoms with Gasteiger partial charge in [0.15, 0.2) is 5.65 Å². The molecule has 0 aliphatic carbocycles. The Labute approximate surface area is 170 Å². The third-order valence-electron chi connectivity index (χ3n) is 5.16. The molecule has 1 saturated heterocycles. The van der Waals surface area contributed by atoms with Gasteiger partial charge in [-0.25, -0.2) is 14.6 Å². The number of nitrogens with one attached hydrogen (secondary N) is 1. The second-order valence-electron chi connectivity index (χ2n) is 7.12. The lowest BCUT2D eigenvalue weighted by Gasteiger charge is -2.23. The highest BCUT2D eigenvalue weighted by atomic mass is 16.5. The van der Waals surface area contributed by atoms with Gasteiger partial charge in [0.1, 0.15) is 30.7 Å². The fourth-order valence-electron chi connectivity index (χ4n) is 3.73. The molecule has 1 unspecified atom stereocenters. The van der Waals surface area contributed by atoms with Crippen LogP contribution in [-0.4, -0.2) is 32.8 Å². The molecule has 1 fully saturated rings. The predicted octanol–water partition coefficient (Wildman–Crippen LogP) is 3.79. The topological polar surface area (TPSA) is 90.9 Å². The molecule has 0 radical (unpaired) electrons. The van der Waals surface area contributed by atoms with Crippen molar-refractivity contribution in [1.29, 1.82) is 0 Å². The van der Waals surface area contributed by atoms with Gasteiger partial charge in [-0.05, 0) is 55.8 Å². The largest absolute Gasteiger partial charge is 0.457 e. The maximum absolute atomic E-state index is 8.01. The number of rotatable bonds is 4. The second kappa shape index (κ2) is 7.52. The van der Waals surface area contributed by atoms with Crippen LogP contribution in [0.25, 0.3) is 22.3 Å². The molecule has 146 valence electrons. The average Bonchev–Trinajstić information content (AvgIpc) is 3.16. The van der Waals surface area contributed by atoms with Crippen LogP contribution in [0.2, 0.25) is 1.41 Å². The Hall–Kier alpha value is -3.45. The normalized spacial score (nSPS) is 17.9. The molecule has 0 amide bonds. The van der Waals surface area contributed by atoms with E-state index in [2.05, 4.69) is 9.97 Å². The summed E-state index contributed by atoms with van der Waals surface area (Å²) in [6.45, 7) is 1.40. The Bertz CT molecular complexity index is 1160. The number of nitrogen functional groups attached to an aromatic ring is 1. The van der Waals surface area contributed by atoms with Gasteiger partial charge in [-0.15, -0.1) is 0 Å². The molecule has 2 aromatic carbocycles. The molecular weight excluding hydrogens is 364 g/mol. The van der Waals surface area contributed by atoms with Crippen LogP contribution in [0.1, 0.15) is 18.9 Å². The number of nitrogens with zero attached hydrogens (tertiary/aromatic N) is 4. The highest BCUT2D eigenvalue weighted by Gasteiger charge is 2.23. The van der Waals surface area contributed by atoms with Gasteiger partial charge >= 0.3 is 0 Å². The Kier molecular flexibility index (Phi) is 4.28. The SMILES string of the molecule is [2H]N1CCCC(n2nc(-c3ccc(Oc4ccccc4)cc3)c3c(N)ncnc32)C1. The van der Waals surface area contributed by atoms with Gasteiger partial charge < -0.3 is 15.8 Å². The van der Waals surface area contributed by atoms with Crippen LogP contribution in [0.4, 0.5) is 5.82 Å². The van der Waals surface area contributed by atoms with Crippen molar-refractivity contribution in [2.24, 2.45) is 0 Å². The van der Waals surface area contributed by atoms with Gasteiger partial charge in [-0.3, -0.25) is 0 Å². The molecule has 3 heterocycles. The van der Waals surface area contributed by atoms with Gasteiger partial charge in [0.2, 0.25) is 0 Å². The van der Waals surface area contributed by atoms with Gasteiger partial charge in [0, 0.05) is 12.1 Å². The number of fused-ring (bicyclic) bond motifs is 1. The number of piperidine rings is 1. The minimum atomic E-state index is 0.0856. The summed E-state index contributed by atoms with van der Waals surface area (Å²) in [4.78, 5) is 8.65. The van der Waals surface area contributed by atoms with E-state index in [1.165, 1.54) is 6.33 Å². The van der Waals surface area contributed by atoms with Crippen LogP contribution in [-0.2, 0) is 0 Å². The van der Waals surface area contributed by atoms with Crippen molar-refractivity contribution < 1.29 is 6.15 Å². The van der Waals surface area contributed by atoms with E-state index >= 15 is 0 Å². The lowest BCUT2D eigenvalue weighted by Crippen LogP contribution is -2.32. The van der Waals surface area contributed by atoms with Crippen LogP contribution in [0.3, 0.4) is 0 Å². The molecule has 1 aliphatic heterocycles. The molecule has 3 N–H and O–H groups in total. The molecule has 29 heavy (non-hydrogen) atoms. The number of hydrogen-bond donors (Lipinski definition) is 2. The van der Waals surface area contributed by atoms with Crippen LogP contribution >= 0.6 is 0 Å². The molecule has 7 heteroatoms. The number of nitrogens with two attached hydrogens (primary N) is 1. The van der Waals surface area contributed by atoms with Crippen LogP contribution in [0.15, 0.2) is 60.9 Å². The molecule has 1 aliphatic rings. The van der Waals surface area contributed by atoms with Crippen molar-refractivity contribution in [3.63, 3.8) is 0 Å². The molecular formula is C22H22N6O. The zero-order valence-corrected chi connectivity index (χ0v) is 15.9. The maximum Gasteiger partial charge on any atom is 0.164 e. The van der Waals surface area contributed by atoms with E-state index in [9.17, 15) is 0 Å². The number of anilines is 1. The smallest absolute Gasteiger partial charge is 0.164 e. The summed E-state index contributed by atoms with van der Waals surface area (Å²) < 4.78 is 15.8. The fraction of sp³-hybridized carbons (Fsp3) is 0.227. The van der Waals surface area contributed by atoms with E-state index < -0.39 is 0 Å². The maximum atomic E-state index is 8.01. The van der Waals surface area contributed by atoms with Crippen LogP contribution < -0.4 is 15.8 Å². The quantitative estimate of drug-likeness (QED) is 0.554. The Morgan fingerprint density at radius 2 is 1.86 bits per heavy atom. The first kappa shape index (κ1) is 16.5. The van der Waals surface area contributed by atoms with E-state index in [1.807, 2.05) is 59.3 Å². The minimum absolute atomic E-state index is 0.0856. The molecule has 0 bridgehead atoms. The first-order chi connectivity index (χ1) is 14.7. The third-order valence-corrected chi connectivity index (χ3v) is 5.16. The Morgan fingerprint density at radius 3 is 2.66 bits per heavy atom. The van der Waals surface area contributed by atoms with Gasteiger partial charge in [0.25, 0.3) is 0 Å². The minimum Gasteiger partial charge on any atom is -0.457 e. The van der Waals surface area contributed by atoms with Gasteiger partial charge in [-0.2, -0.15) is 5.10 Å². The summed E-state index contributed by atoms with van der Waals surface area (Å²) in [5.41, 5.74) is 8.59. The first-order valence-corrected chi connectivity index (χ1v) is 9.75. The summed E-state index contributed by atoms with van der Waals surface area (Å²) >= 11 is 0. The monoisotopic (exact) mass is 387 g/mol. The predicted molar refractivity (Wildman–Crippen MR) is 113 cm³/mol. The van der Waals surface area contributed by atoms with Crippen molar-refractivity contribution >= 4 is 16.9 Å². The van der Waals surface area contributed by atoms with Crippen molar-refractivity contribution in [2.45, 2.75) is 18.9 Å². The molecule has 5 rings (SSSR count). The zero-order valence-electron chi connectivity index (χ0n) is 16.9. The molecule has 0 spiro atoms. The lowest BCUT2D eigenvalue weighted by atomic mass is 10.1. The van der Waals surface area contributed by atoms with Crippen LogP contribution in [0, 0.1) is 0 Å². The molecule has 1 atom stereocenters. The number of para-hydroxylation sites is 1. The third kappa shape index (κ3) is 3.40. The summed E-state index contributed by atoms with van der Waals surface area (Å²) in [5, 5.41) is 7.21. The van der Waals surface area contributed by atoms with E-state index in [4.69, 9.17) is 17.0 Å².